The molecule has 2 bridgehead atoms. The molecule has 2 saturated heterocycles. The second-order valence-electron chi connectivity index (χ2n) is 2.54. The van der Waals surface area contributed by atoms with Crippen molar-refractivity contribution in [2.24, 2.45) is 5.84 Å². The average molecular weight is 114 g/mol. The first-order chi connectivity index (χ1) is 3.86. The Kier molecular flexibility index (Phi) is 0.848. The molecule has 0 aromatic carbocycles. The quantitative estimate of drug-likeness (QED) is 0.425. The van der Waals surface area contributed by atoms with Gasteiger partial charge in [0.15, 0.2) is 0 Å². The first-order valence-electron chi connectivity index (χ1n) is 2.99. The van der Waals surface area contributed by atoms with Crippen molar-refractivity contribution in [3.05, 3.63) is 0 Å². The molecule has 2 aliphatic heterocycles. The Morgan fingerprint density at radius 3 is 2.75 bits per heavy atom. The molecule has 2 fully saturated rings. The van der Waals surface area contributed by atoms with Gasteiger partial charge in [0.1, 0.15) is 0 Å². The fourth-order valence-electron chi connectivity index (χ4n) is 1.43. The van der Waals surface area contributed by atoms with E-state index in [0.29, 0.717) is 12.1 Å². The number of hydrazine groups is 1. The summed E-state index contributed by atoms with van der Waals surface area (Å²) < 4.78 is 5.30. The summed E-state index contributed by atoms with van der Waals surface area (Å²) in [6.45, 7) is 1.78. The van der Waals surface area contributed by atoms with Gasteiger partial charge in [0.2, 0.25) is 0 Å². The van der Waals surface area contributed by atoms with Crippen molar-refractivity contribution in [1.82, 2.24) is 5.01 Å². The molecule has 2 heterocycles. The molecule has 2 aliphatic rings. The first-order valence-corrected chi connectivity index (χ1v) is 2.99. The third-order valence-electron chi connectivity index (χ3n) is 1.94. The van der Waals surface area contributed by atoms with Gasteiger partial charge in [-0.3, -0.25) is 5.84 Å². The lowest BCUT2D eigenvalue weighted by Crippen LogP contribution is -2.41. The summed E-state index contributed by atoms with van der Waals surface area (Å²) in [6.07, 6.45) is 1.60. The smallest absolute Gasteiger partial charge is 0.0733 e. The predicted octanol–water partition coefficient (Wildman–Crippen LogP) is -0.667. The minimum absolute atomic E-state index is 0.449. The van der Waals surface area contributed by atoms with Crippen LogP contribution in [0.1, 0.15) is 6.42 Å². The summed E-state index contributed by atoms with van der Waals surface area (Å²) >= 11 is 0. The van der Waals surface area contributed by atoms with E-state index < -0.39 is 0 Å². The Bertz CT molecular complexity index is 105. The molecule has 46 valence electrons. The van der Waals surface area contributed by atoms with Crippen LogP contribution in [0.4, 0.5) is 0 Å². The van der Waals surface area contributed by atoms with Crippen molar-refractivity contribution in [1.29, 1.82) is 0 Å². The zero-order chi connectivity index (χ0) is 5.56. The molecule has 0 aromatic rings. The van der Waals surface area contributed by atoms with Gasteiger partial charge < -0.3 is 4.74 Å². The molecule has 3 heteroatoms. The lowest BCUT2D eigenvalue weighted by Gasteiger charge is -2.20. The Morgan fingerprint density at radius 2 is 2.50 bits per heavy atom. The lowest BCUT2D eigenvalue weighted by molar-refractivity contribution is 0.0305. The molecule has 2 N–H and O–H groups in total. The van der Waals surface area contributed by atoms with E-state index >= 15 is 0 Å². The van der Waals surface area contributed by atoms with E-state index in [4.69, 9.17) is 10.6 Å². The van der Waals surface area contributed by atoms with E-state index in [-0.39, 0.29) is 0 Å². The minimum atomic E-state index is 0.449. The zero-order valence-electron chi connectivity index (χ0n) is 4.71. The molecule has 0 aromatic heterocycles. The molecule has 0 unspecified atom stereocenters. The number of nitrogens with zero attached hydrogens (tertiary/aromatic N) is 1. The third kappa shape index (κ3) is 0.491. The van der Waals surface area contributed by atoms with Crippen LogP contribution >= 0.6 is 0 Å². The standard InChI is InChI=1S/C5H10N2O/c6-7-2-5-1-4(7)3-8-5/h4-5H,1-3,6H2/t4-,5-/m0/s1. The predicted molar refractivity (Wildman–Crippen MR) is 29.0 cm³/mol. The Balaban J connectivity index is 2.11. The number of rotatable bonds is 0. The highest BCUT2D eigenvalue weighted by Crippen LogP contribution is 2.24. The highest BCUT2D eigenvalue weighted by Gasteiger charge is 2.36. The van der Waals surface area contributed by atoms with Gasteiger partial charge in [-0.05, 0) is 6.42 Å². The number of morpholine rings is 1. The summed E-state index contributed by atoms with van der Waals surface area (Å²) in [5, 5.41) is 1.88. The van der Waals surface area contributed by atoms with E-state index in [1.807, 2.05) is 5.01 Å². The average Bonchev–Trinajstić information content (AvgIpc) is 2.23. The molecule has 0 spiro atoms. The van der Waals surface area contributed by atoms with Crippen LogP contribution in [0.25, 0.3) is 0 Å². The fourth-order valence-corrected chi connectivity index (χ4v) is 1.43. The van der Waals surface area contributed by atoms with E-state index in [0.717, 1.165) is 19.6 Å². The summed E-state index contributed by atoms with van der Waals surface area (Å²) in [5.74, 6) is 5.57. The zero-order valence-corrected chi connectivity index (χ0v) is 4.71. The van der Waals surface area contributed by atoms with E-state index in [1.165, 1.54) is 0 Å². The van der Waals surface area contributed by atoms with Gasteiger partial charge in [-0.2, -0.15) is 0 Å². The first kappa shape index (κ1) is 4.73. The van der Waals surface area contributed by atoms with Gasteiger partial charge in [0.05, 0.1) is 18.8 Å². The van der Waals surface area contributed by atoms with Crippen LogP contribution in [0, 0.1) is 0 Å². The number of hydrogen-bond acceptors (Lipinski definition) is 3. The Morgan fingerprint density at radius 1 is 1.62 bits per heavy atom. The molecular weight excluding hydrogens is 104 g/mol. The van der Waals surface area contributed by atoms with Crippen molar-refractivity contribution in [2.45, 2.75) is 18.6 Å². The van der Waals surface area contributed by atoms with Gasteiger partial charge >= 0.3 is 0 Å². The molecule has 0 amide bonds. The molecule has 2 rings (SSSR count). The van der Waals surface area contributed by atoms with Crippen LogP contribution in [-0.2, 0) is 4.74 Å². The van der Waals surface area contributed by atoms with Crippen molar-refractivity contribution in [3.8, 4) is 0 Å². The van der Waals surface area contributed by atoms with E-state index in [1.54, 1.807) is 0 Å². The van der Waals surface area contributed by atoms with Crippen molar-refractivity contribution < 1.29 is 4.74 Å². The summed E-state index contributed by atoms with van der Waals surface area (Å²) in [7, 11) is 0. The van der Waals surface area contributed by atoms with Crippen LogP contribution < -0.4 is 5.84 Å². The molecule has 0 aliphatic carbocycles. The topological polar surface area (TPSA) is 38.5 Å². The van der Waals surface area contributed by atoms with Gasteiger partial charge in [-0.15, -0.1) is 0 Å². The second kappa shape index (κ2) is 1.43. The van der Waals surface area contributed by atoms with Gasteiger partial charge in [0.25, 0.3) is 0 Å². The molecule has 0 saturated carbocycles. The van der Waals surface area contributed by atoms with Crippen LogP contribution in [0.3, 0.4) is 0 Å². The summed E-state index contributed by atoms with van der Waals surface area (Å²) in [5.41, 5.74) is 0. The van der Waals surface area contributed by atoms with Crippen molar-refractivity contribution >= 4 is 0 Å². The number of fused-ring (bicyclic) bond motifs is 2. The van der Waals surface area contributed by atoms with Crippen LogP contribution in [0.15, 0.2) is 0 Å². The molecule has 0 radical (unpaired) electrons. The maximum absolute atomic E-state index is 5.57. The van der Waals surface area contributed by atoms with Crippen LogP contribution in [-0.4, -0.2) is 30.3 Å². The van der Waals surface area contributed by atoms with Gasteiger partial charge in [0, 0.05) is 6.54 Å². The summed E-state index contributed by atoms with van der Waals surface area (Å²) in [4.78, 5) is 0. The largest absolute Gasteiger partial charge is 0.375 e. The maximum Gasteiger partial charge on any atom is 0.0733 e. The van der Waals surface area contributed by atoms with Gasteiger partial charge in [-0.25, -0.2) is 5.01 Å². The number of ether oxygens (including phenoxy) is 1. The van der Waals surface area contributed by atoms with Crippen molar-refractivity contribution in [3.63, 3.8) is 0 Å². The SMILES string of the molecule is NN1C[C@@H]2C[C@H]1CO2. The highest BCUT2D eigenvalue weighted by molar-refractivity contribution is 4.88. The number of hydrogen-bond donors (Lipinski definition) is 1. The van der Waals surface area contributed by atoms with E-state index in [2.05, 4.69) is 0 Å². The lowest BCUT2D eigenvalue weighted by atomic mass is 10.3. The van der Waals surface area contributed by atoms with Crippen LogP contribution in [0.5, 0.6) is 0 Å². The molecule has 8 heavy (non-hydrogen) atoms. The molecule has 3 nitrogen and oxygen atoms in total. The minimum Gasteiger partial charge on any atom is -0.375 e. The summed E-state index contributed by atoms with van der Waals surface area (Å²) in [6, 6.07) is 0.528. The normalized spacial score (nSPS) is 46.1. The monoisotopic (exact) mass is 114 g/mol. The third-order valence-corrected chi connectivity index (χ3v) is 1.94. The Hall–Kier alpha value is -0.120. The number of nitrogens with two attached hydrogens (primary N) is 1. The molecular formula is C5H10N2O. The van der Waals surface area contributed by atoms with Crippen LogP contribution in [0.2, 0.25) is 0 Å². The highest BCUT2D eigenvalue weighted by atomic mass is 16.5. The maximum atomic E-state index is 5.57. The fraction of sp³-hybridized carbons (Fsp3) is 1.00. The van der Waals surface area contributed by atoms with E-state index in [9.17, 15) is 0 Å². The second-order valence-corrected chi connectivity index (χ2v) is 2.54. The van der Waals surface area contributed by atoms with Crippen molar-refractivity contribution in [2.75, 3.05) is 13.2 Å². The Labute approximate surface area is 48.4 Å². The van der Waals surface area contributed by atoms with Gasteiger partial charge in [-0.1, -0.05) is 0 Å². The molecule has 2 atom stereocenters.